The highest BCUT2D eigenvalue weighted by Gasteiger charge is 2.20. The summed E-state index contributed by atoms with van der Waals surface area (Å²) in [6.45, 7) is 6.94. The Hall–Kier alpha value is -3.05. The molecule has 4 aromatic rings. The van der Waals surface area contributed by atoms with E-state index in [9.17, 15) is 4.79 Å². The largest absolute Gasteiger partial charge is 0.451 e. The van der Waals surface area contributed by atoms with Crippen molar-refractivity contribution in [3.05, 3.63) is 71.1 Å². The van der Waals surface area contributed by atoms with Crippen molar-refractivity contribution in [3.63, 3.8) is 0 Å². The summed E-state index contributed by atoms with van der Waals surface area (Å²) in [4.78, 5) is 16.2. The second kappa shape index (κ2) is 8.13. The summed E-state index contributed by atoms with van der Waals surface area (Å²) in [6.07, 6.45) is 2.84. The molecule has 29 heavy (non-hydrogen) atoms. The molecule has 0 aliphatic rings. The Bertz CT molecular complexity index is 1150. The molecule has 2 N–H and O–H groups in total. The predicted molar refractivity (Wildman–Crippen MR) is 115 cm³/mol. The first kappa shape index (κ1) is 19.3. The van der Waals surface area contributed by atoms with Crippen LogP contribution in [0.5, 0.6) is 0 Å². The number of hydrogen-bond donors (Lipinski definition) is 2. The van der Waals surface area contributed by atoms with Gasteiger partial charge in [0.2, 0.25) is 0 Å². The van der Waals surface area contributed by atoms with Crippen LogP contribution in [0.2, 0.25) is 0 Å². The molecule has 2 aromatic carbocycles. The normalized spacial score (nSPS) is 11.6. The van der Waals surface area contributed by atoms with Gasteiger partial charge in [0.1, 0.15) is 5.58 Å². The fraction of sp³-hybridized carbons (Fsp3) is 0.292. The molecular formula is C24H26N2O3. The van der Waals surface area contributed by atoms with E-state index in [1.807, 2.05) is 50.4 Å². The molecule has 1 amide bonds. The molecule has 150 valence electrons. The number of carbonyl (C=O) groups is 1. The monoisotopic (exact) mass is 390 g/mol. The van der Waals surface area contributed by atoms with Gasteiger partial charge < -0.3 is 19.5 Å². The molecule has 0 saturated carbocycles. The van der Waals surface area contributed by atoms with Gasteiger partial charge in [-0.25, -0.2) is 0 Å². The van der Waals surface area contributed by atoms with Gasteiger partial charge in [-0.05, 0) is 50.5 Å². The Morgan fingerprint density at radius 1 is 1.17 bits per heavy atom. The van der Waals surface area contributed by atoms with Crippen molar-refractivity contribution in [2.24, 2.45) is 0 Å². The molecule has 0 atom stereocenters. The second-order valence-electron chi connectivity index (χ2n) is 7.58. The number of furan rings is 1. The number of hydrogen-bond acceptors (Lipinski definition) is 3. The Balaban J connectivity index is 1.51. The molecule has 0 unspecified atom stereocenters. The van der Waals surface area contributed by atoms with E-state index in [-0.39, 0.29) is 12.0 Å². The first-order valence-electron chi connectivity index (χ1n) is 10.0. The first-order chi connectivity index (χ1) is 14.0. The third-order valence-corrected chi connectivity index (χ3v) is 5.14. The standard InChI is InChI=1S/C24H26N2O3/c1-15(2)28-14-19-18-8-4-5-10-21(18)29-23(19)24(27)25-12-11-17-13-26-20-9-6-7-16(3)22(17)20/h4-10,13,15,26H,11-12,14H2,1-3H3,(H,25,27). The summed E-state index contributed by atoms with van der Waals surface area (Å²) in [6, 6.07) is 13.9. The SMILES string of the molecule is Cc1cccc2[nH]cc(CCNC(=O)c3oc4ccccc4c3COC(C)C)c12. The minimum Gasteiger partial charge on any atom is -0.451 e. The zero-order valence-corrected chi connectivity index (χ0v) is 17.0. The lowest BCUT2D eigenvalue weighted by atomic mass is 10.1. The molecule has 0 bridgehead atoms. The lowest BCUT2D eigenvalue weighted by Crippen LogP contribution is -2.26. The molecule has 0 spiro atoms. The molecule has 2 heterocycles. The Morgan fingerprint density at radius 2 is 2.00 bits per heavy atom. The summed E-state index contributed by atoms with van der Waals surface area (Å²) in [5.41, 5.74) is 5.06. The van der Waals surface area contributed by atoms with Crippen molar-refractivity contribution in [2.75, 3.05) is 6.54 Å². The van der Waals surface area contributed by atoms with Gasteiger partial charge in [-0.1, -0.05) is 30.3 Å². The lowest BCUT2D eigenvalue weighted by molar-refractivity contribution is 0.0643. The lowest BCUT2D eigenvalue weighted by Gasteiger charge is -2.09. The van der Waals surface area contributed by atoms with Gasteiger partial charge in [-0.15, -0.1) is 0 Å². The zero-order chi connectivity index (χ0) is 20.4. The maximum atomic E-state index is 12.9. The van der Waals surface area contributed by atoms with Crippen molar-refractivity contribution in [2.45, 2.75) is 39.9 Å². The average Bonchev–Trinajstić information content (AvgIpc) is 3.28. The van der Waals surface area contributed by atoms with Crippen LogP contribution < -0.4 is 5.32 Å². The molecule has 0 aliphatic carbocycles. The van der Waals surface area contributed by atoms with Crippen molar-refractivity contribution in [3.8, 4) is 0 Å². The minimum atomic E-state index is -0.208. The highest BCUT2D eigenvalue weighted by molar-refractivity contribution is 5.99. The maximum Gasteiger partial charge on any atom is 0.287 e. The zero-order valence-electron chi connectivity index (χ0n) is 17.0. The number of fused-ring (bicyclic) bond motifs is 2. The summed E-state index contributed by atoms with van der Waals surface area (Å²) < 4.78 is 11.6. The van der Waals surface area contributed by atoms with E-state index in [1.54, 1.807) is 0 Å². The molecule has 5 nitrogen and oxygen atoms in total. The molecule has 0 fully saturated rings. The number of carbonyl (C=O) groups excluding carboxylic acids is 1. The Morgan fingerprint density at radius 3 is 2.83 bits per heavy atom. The van der Waals surface area contributed by atoms with Crippen LogP contribution in [-0.2, 0) is 17.8 Å². The number of para-hydroxylation sites is 1. The van der Waals surface area contributed by atoms with Crippen LogP contribution >= 0.6 is 0 Å². The third-order valence-electron chi connectivity index (χ3n) is 5.14. The molecule has 0 radical (unpaired) electrons. The van der Waals surface area contributed by atoms with E-state index in [0.29, 0.717) is 24.5 Å². The molecule has 2 aromatic heterocycles. The second-order valence-corrected chi connectivity index (χ2v) is 7.58. The predicted octanol–water partition coefficient (Wildman–Crippen LogP) is 5.12. The first-order valence-corrected chi connectivity index (χ1v) is 10.0. The van der Waals surface area contributed by atoms with Gasteiger partial charge in [0, 0.05) is 34.6 Å². The Labute approximate surface area is 170 Å². The van der Waals surface area contributed by atoms with E-state index in [4.69, 9.17) is 9.15 Å². The molecule has 0 aliphatic heterocycles. The van der Waals surface area contributed by atoms with Crippen LogP contribution in [0, 0.1) is 6.92 Å². The number of amides is 1. The summed E-state index contributed by atoms with van der Waals surface area (Å²) in [7, 11) is 0. The van der Waals surface area contributed by atoms with Crippen molar-refractivity contribution < 1.29 is 13.9 Å². The number of rotatable bonds is 7. The van der Waals surface area contributed by atoms with Gasteiger partial charge >= 0.3 is 0 Å². The molecule has 0 saturated heterocycles. The highest BCUT2D eigenvalue weighted by Crippen LogP contribution is 2.27. The van der Waals surface area contributed by atoms with E-state index in [0.717, 1.165) is 22.9 Å². The van der Waals surface area contributed by atoms with Crippen LogP contribution in [0.25, 0.3) is 21.9 Å². The number of nitrogens with one attached hydrogen (secondary N) is 2. The molecular weight excluding hydrogens is 364 g/mol. The van der Waals surface area contributed by atoms with Crippen LogP contribution in [-0.4, -0.2) is 23.5 Å². The van der Waals surface area contributed by atoms with E-state index in [1.165, 1.54) is 16.5 Å². The quantitative estimate of drug-likeness (QED) is 0.460. The minimum absolute atomic E-state index is 0.0738. The molecule has 5 heteroatoms. The number of H-pyrrole nitrogens is 1. The van der Waals surface area contributed by atoms with Gasteiger partial charge in [-0.3, -0.25) is 4.79 Å². The van der Waals surface area contributed by atoms with Crippen molar-refractivity contribution >= 4 is 27.8 Å². The number of aromatic nitrogens is 1. The van der Waals surface area contributed by atoms with Gasteiger partial charge in [0.25, 0.3) is 5.91 Å². The summed E-state index contributed by atoms with van der Waals surface area (Å²) in [5, 5.41) is 5.16. The number of aryl methyl sites for hydroxylation is 1. The van der Waals surface area contributed by atoms with Crippen LogP contribution in [0.1, 0.15) is 41.1 Å². The Kier molecular flexibility index (Phi) is 5.41. The van der Waals surface area contributed by atoms with Crippen LogP contribution in [0.3, 0.4) is 0 Å². The van der Waals surface area contributed by atoms with Crippen molar-refractivity contribution in [1.82, 2.24) is 10.3 Å². The van der Waals surface area contributed by atoms with Crippen LogP contribution in [0.4, 0.5) is 0 Å². The van der Waals surface area contributed by atoms with E-state index in [2.05, 4.69) is 29.4 Å². The average molecular weight is 390 g/mol. The molecule has 4 rings (SSSR count). The third kappa shape index (κ3) is 3.91. The summed E-state index contributed by atoms with van der Waals surface area (Å²) >= 11 is 0. The van der Waals surface area contributed by atoms with Gasteiger partial charge in [0.15, 0.2) is 5.76 Å². The van der Waals surface area contributed by atoms with E-state index >= 15 is 0 Å². The number of aromatic amines is 1. The fourth-order valence-electron chi connectivity index (χ4n) is 3.71. The number of benzene rings is 2. The maximum absolute atomic E-state index is 12.9. The van der Waals surface area contributed by atoms with Gasteiger partial charge in [0.05, 0.1) is 12.7 Å². The smallest absolute Gasteiger partial charge is 0.287 e. The van der Waals surface area contributed by atoms with Gasteiger partial charge in [-0.2, -0.15) is 0 Å². The number of ether oxygens (including phenoxy) is 1. The van der Waals surface area contributed by atoms with Crippen LogP contribution in [0.15, 0.2) is 53.1 Å². The topological polar surface area (TPSA) is 67.3 Å². The fourth-order valence-corrected chi connectivity index (χ4v) is 3.71. The summed E-state index contributed by atoms with van der Waals surface area (Å²) in [5.74, 6) is 0.127. The van der Waals surface area contributed by atoms with E-state index < -0.39 is 0 Å². The highest BCUT2D eigenvalue weighted by atomic mass is 16.5. The van der Waals surface area contributed by atoms with Crippen molar-refractivity contribution in [1.29, 1.82) is 0 Å².